The summed E-state index contributed by atoms with van der Waals surface area (Å²) < 4.78 is 0.440. The number of hydrogen-bond donors (Lipinski definition) is 1. The number of thioether (sulfide) groups is 1. The number of hydrogen-bond acceptors (Lipinski definition) is 4. The van der Waals surface area contributed by atoms with Crippen molar-refractivity contribution in [1.82, 2.24) is 9.80 Å². The minimum atomic E-state index is 0.279. The van der Waals surface area contributed by atoms with Gasteiger partial charge in [-0.15, -0.1) is 0 Å². The Hall–Kier alpha value is 0.230. The Morgan fingerprint density at radius 1 is 1.10 bits per heavy atom. The predicted molar refractivity (Wildman–Crippen MR) is 88.3 cm³/mol. The van der Waals surface area contributed by atoms with E-state index in [1.54, 1.807) is 0 Å². The summed E-state index contributed by atoms with van der Waals surface area (Å²) in [6.45, 7) is 10.7. The van der Waals surface area contributed by atoms with Crippen LogP contribution < -0.4 is 5.73 Å². The van der Waals surface area contributed by atoms with E-state index < -0.39 is 0 Å². The zero-order valence-corrected chi connectivity index (χ0v) is 14.1. The van der Waals surface area contributed by atoms with Crippen LogP contribution >= 0.6 is 11.8 Å². The van der Waals surface area contributed by atoms with Crippen molar-refractivity contribution in [2.24, 2.45) is 5.73 Å². The van der Waals surface area contributed by atoms with Gasteiger partial charge in [0.15, 0.2) is 0 Å². The van der Waals surface area contributed by atoms with Gasteiger partial charge in [0.1, 0.15) is 0 Å². The quantitative estimate of drug-likeness (QED) is 0.846. The molecule has 0 saturated carbocycles. The van der Waals surface area contributed by atoms with Gasteiger partial charge in [-0.2, -0.15) is 11.8 Å². The van der Waals surface area contributed by atoms with Crippen molar-refractivity contribution in [3.63, 3.8) is 0 Å². The van der Waals surface area contributed by atoms with E-state index in [-0.39, 0.29) is 5.54 Å². The molecule has 0 amide bonds. The molecule has 2 unspecified atom stereocenters. The van der Waals surface area contributed by atoms with Crippen LogP contribution in [0.5, 0.6) is 0 Å². The van der Waals surface area contributed by atoms with Crippen molar-refractivity contribution in [3.05, 3.63) is 0 Å². The maximum atomic E-state index is 6.35. The van der Waals surface area contributed by atoms with Crippen LogP contribution in [0.1, 0.15) is 46.0 Å². The molecule has 0 bridgehead atoms. The van der Waals surface area contributed by atoms with Crippen LogP contribution in [0, 0.1) is 0 Å². The fourth-order valence-corrected chi connectivity index (χ4v) is 5.67. The van der Waals surface area contributed by atoms with Crippen LogP contribution in [-0.2, 0) is 0 Å². The number of nitrogens with zero attached hydrogens (tertiary/aromatic N) is 2. The van der Waals surface area contributed by atoms with Crippen molar-refractivity contribution < 1.29 is 0 Å². The second-order valence-corrected chi connectivity index (χ2v) is 9.25. The third-order valence-corrected chi connectivity index (χ3v) is 7.26. The zero-order chi connectivity index (χ0) is 14.2. The average molecular weight is 298 g/mol. The van der Waals surface area contributed by atoms with Crippen molar-refractivity contribution in [2.45, 2.75) is 62.3 Å². The van der Waals surface area contributed by atoms with E-state index in [0.29, 0.717) is 4.75 Å². The molecule has 3 fully saturated rings. The third kappa shape index (κ3) is 2.65. The first-order valence-electron chi connectivity index (χ1n) is 8.41. The summed E-state index contributed by atoms with van der Waals surface area (Å²) in [7, 11) is 0. The van der Waals surface area contributed by atoms with Gasteiger partial charge in [0.2, 0.25) is 0 Å². The molecule has 0 aromatic rings. The van der Waals surface area contributed by atoms with E-state index >= 15 is 0 Å². The lowest BCUT2D eigenvalue weighted by Gasteiger charge is -2.47. The first-order chi connectivity index (χ1) is 9.57. The number of rotatable bonds is 2. The summed E-state index contributed by atoms with van der Waals surface area (Å²) in [6, 6.07) is 0.729. The molecule has 3 rings (SSSR count). The lowest BCUT2D eigenvalue weighted by Crippen LogP contribution is -2.62. The first-order valence-corrected chi connectivity index (χ1v) is 9.39. The Morgan fingerprint density at radius 2 is 1.95 bits per heavy atom. The Labute approximate surface area is 128 Å². The van der Waals surface area contributed by atoms with E-state index in [9.17, 15) is 0 Å². The maximum absolute atomic E-state index is 6.35. The molecule has 3 nitrogen and oxygen atoms in total. The molecule has 4 heteroatoms. The molecule has 0 radical (unpaired) electrons. The molecule has 116 valence electrons. The highest BCUT2D eigenvalue weighted by molar-refractivity contribution is 8.00. The molecule has 0 aliphatic carbocycles. The minimum absolute atomic E-state index is 0.279. The van der Waals surface area contributed by atoms with Gasteiger partial charge in [-0.1, -0.05) is 20.3 Å². The standard InChI is InChI=1S/C16H31N3S/c1-15(2)6-10-19(11-12-20-15)16(13-17)7-9-18-8-4-3-5-14(16)18/h14H,3-13,17H2,1-2H3. The minimum Gasteiger partial charge on any atom is -0.329 e. The molecule has 2 N–H and O–H groups in total. The maximum Gasteiger partial charge on any atom is 0.0499 e. The summed E-state index contributed by atoms with van der Waals surface area (Å²) in [6.07, 6.45) is 6.74. The highest BCUT2D eigenvalue weighted by Gasteiger charge is 2.50. The van der Waals surface area contributed by atoms with Crippen LogP contribution in [0.2, 0.25) is 0 Å². The molecular formula is C16H31N3S. The fraction of sp³-hybridized carbons (Fsp3) is 1.00. The van der Waals surface area contributed by atoms with Gasteiger partial charge >= 0.3 is 0 Å². The molecule has 0 spiro atoms. The van der Waals surface area contributed by atoms with E-state index in [0.717, 1.165) is 12.6 Å². The molecule has 20 heavy (non-hydrogen) atoms. The van der Waals surface area contributed by atoms with Crippen LogP contribution in [0.4, 0.5) is 0 Å². The van der Waals surface area contributed by atoms with Gasteiger partial charge < -0.3 is 5.73 Å². The second kappa shape index (κ2) is 5.79. The molecular weight excluding hydrogens is 266 g/mol. The smallest absolute Gasteiger partial charge is 0.0499 e. The van der Waals surface area contributed by atoms with Gasteiger partial charge in [-0.25, -0.2) is 0 Å². The Morgan fingerprint density at radius 3 is 2.75 bits per heavy atom. The van der Waals surface area contributed by atoms with E-state index in [2.05, 4.69) is 35.4 Å². The highest BCUT2D eigenvalue weighted by Crippen LogP contribution is 2.41. The second-order valence-electron chi connectivity index (χ2n) is 7.45. The van der Waals surface area contributed by atoms with E-state index in [4.69, 9.17) is 5.73 Å². The van der Waals surface area contributed by atoms with Gasteiger partial charge in [0.05, 0.1) is 0 Å². The van der Waals surface area contributed by atoms with E-state index in [1.807, 2.05) is 0 Å². The molecule has 0 aromatic carbocycles. The van der Waals surface area contributed by atoms with Crippen LogP contribution in [0.3, 0.4) is 0 Å². The van der Waals surface area contributed by atoms with Crippen molar-refractivity contribution in [2.75, 3.05) is 38.5 Å². The molecule has 3 aliphatic heterocycles. The molecule has 0 aromatic heterocycles. The van der Waals surface area contributed by atoms with Gasteiger partial charge in [-0.3, -0.25) is 9.80 Å². The highest BCUT2D eigenvalue weighted by atomic mass is 32.2. The lowest BCUT2D eigenvalue weighted by atomic mass is 9.83. The lowest BCUT2D eigenvalue weighted by molar-refractivity contribution is 0.0411. The number of fused-ring (bicyclic) bond motifs is 1. The third-order valence-electron chi connectivity index (χ3n) is 5.89. The molecule has 3 saturated heterocycles. The number of piperidine rings is 1. The summed E-state index contributed by atoms with van der Waals surface area (Å²) >= 11 is 2.15. The normalized spacial score (nSPS) is 39.5. The van der Waals surface area contributed by atoms with Crippen LogP contribution in [0.15, 0.2) is 0 Å². The van der Waals surface area contributed by atoms with Crippen molar-refractivity contribution in [3.8, 4) is 0 Å². The summed E-state index contributed by atoms with van der Waals surface area (Å²) in [5, 5.41) is 0. The van der Waals surface area contributed by atoms with Gasteiger partial charge in [0, 0.05) is 48.3 Å². The Bertz CT molecular complexity index is 347. The topological polar surface area (TPSA) is 32.5 Å². The fourth-order valence-electron chi connectivity index (χ4n) is 4.57. The molecule has 2 atom stereocenters. The summed E-state index contributed by atoms with van der Waals surface area (Å²) in [5.74, 6) is 1.27. The number of nitrogens with two attached hydrogens (primary N) is 1. The van der Waals surface area contributed by atoms with Gasteiger partial charge in [-0.05, 0) is 32.2 Å². The summed E-state index contributed by atoms with van der Waals surface area (Å²) in [5.41, 5.74) is 6.63. The summed E-state index contributed by atoms with van der Waals surface area (Å²) in [4.78, 5) is 5.52. The Balaban J connectivity index is 1.78. The van der Waals surface area contributed by atoms with E-state index in [1.165, 1.54) is 64.0 Å². The monoisotopic (exact) mass is 297 g/mol. The van der Waals surface area contributed by atoms with Crippen LogP contribution in [0.25, 0.3) is 0 Å². The first kappa shape index (κ1) is 15.1. The van der Waals surface area contributed by atoms with Gasteiger partial charge in [0.25, 0.3) is 0 Å². The van der Waals surface area contributed by atoms with Crippen molar-refractivity contribution >= 4 is 11.8 Å². The van der Waals surface area contributed by atoms with Crippen molar-refractivity contribution in [1.29, 1.82) is 0 Å². The Kier molecular flexibility index (Phi) is 4.38. The molecule has 3 heterocycles. The average Bonchev–Trinajstić information content (AvgIpc) is 2.72. The largest absolute Gasteiger partial charge is 0.329 e. The SMILES string of the molecule is CC1(C)CCN(C2(CN)CCN3CCCCC32)CCS1. The molecule has 3 aliphatic rings. The predicted octanol–water partition coefficient (Wildman–Crippen LogP) is 2.16. The zero-order valence-electron chi connectivity index (χ0n) is 13.2. The van der Waals surface area contributed by atoms with Crippen LogP contribution in [-0.4, -0.2) is 64.6 Å².